The third-order valence-electron chi connectivity index (χ3n) is 1.84. The molecule has 1 aromatic rings. The van der Waals surface area contributed by atoms with Crippen LogP contribution in [0.3, 0.4) is 0 Å². The highest BCUT2D eigenvalue weighted by atomic mass is 19.4. The summed E-state index contributed by atoms with van der Waals surface area (Å²) < 4.78 is 40.2. The van der Waals surface area contributed by atoms with Gasteiger partial charge in [-0.05, 0) is 17.7 Å². The number of hydrogen-bond acceptors (Lipinski definition) is 2. The molecule has 0 aromatic heterocycles. The summed E-state index contributed by atoms with van der Waals surface area (Å²) in [5.74, 6) is -0.316. The maximum atomic E-state index is 11.9. The molecule has 0 N–H and O–H groups in total. The zero-order chi connectivity index (χ0) is 12.2. The zero-order valence-corrected chi connectivity index (χ0v) is 8.49. The molecule has 0 saturated carbocycles. The van der Waals surface area contributed by atoms with Crippen LogP contribution in [0.15, 0.2) is 30.2 Å². The molecule has 2 nitrogen and oxygen atoms in total. The first-order chi connectivity index (χ1) is 7.42. The minimum Gasteiger partial charge on any atom is -0.465 e. The van der Waals surface area contributed by atoms with E-state index in [1.54, 1.807) is 0 Å². The molecule has 0 bridgehead atoms. The summed E-state index contributed by atoms with van der Waals surface area (Å²) in [6.45, 7) is -4.93. The Balaban J connectivity index is 2.80. The van der Waals surface area contributed by atoms with Gasteiger partial charge in [-0.15, -0.1) is 5.98 Å². The van der Waals surface area contributed by atoms with Crippen LogP contribution >= 0.6 is 0 Å². The predicted molar refractivity (Wildman–Crippen MR) is 55.9 cm³/mol. The van der Waals surface area contributed by atoms with Gasteiger partial charge in [0.25, 0.3) is 0 Å². The highest BCUT2D eigenvalue weighted by molar-refractivity contribution is 6.64. The maximum Gasteiger partial charge on any atom is 0.502 e. The molecule has 0 aliphatic rings. The normalized spacial score (nSPS) is 11.8. The summed E-state index contributed by atoms with van der Waals surface area (Å²) >= 11 is 0. The summed E-state index contributed by atoms with van der Waals surface area (Å²) in [6, 6.07) is 5.67. The van der Waals surface area contributed by atoms with Crippen molar-refractivity contribution in [1.29, 1.82) is 0 Å². The van der Waals surface area contributed by atoms with E-state index in [9.17, 15) is 17.7 Å². The van der Waals surface area contributed by atoms with E-state index in [2.05, 4.69) is 4.74 Å². The summed E-state index contributed by atoms with van der Waals surface area (Å²) in [4.78, 5) is 11.0. The Morgan fingerprint density at radius 2 is 1.81 bits per heavy atom. The van der Waals surface area contributed by atoms with Crippen molar-refractivity contribution < 1.29 is 22.5 Å². The second kappa shape index (κ2) is 4.87. The Kier molecular flexibility index (Phi) is 3.76. The molecular weight excluding hydrogens is 220 g/mol. The summed E-state index contributed by atoms with van der Waals surface area (Å²) in [6.07, 6.45) is 0.959. The van der Waals surface area contributed by atoms with E-state index in [0.29, 0.717) is 11.1 Å². The standard InChI is InChI=1S/C10H9BF3O2/c1-16-10(15)9-4-2-8(3-5-9)6-7-11(12,13)14/h2-7H,1H3/q-1/b7-6+. The zero-order valence-electron chi connectivity index (χ0n) is 8.49. The number of methoxy groups -OCH3 is 1. The Morgan fingerprint density at radius 3 is 2.25 bits per heavy atom. The number of carbonyl (C=O) groups excluding carboxylic acids is 1. The van der Waals surface area contributed by atoms with Crippen LogP contribution in [0.5, 0.6) is 0 Å². The van der Waals surface area contributed by atoms with E-state index in [4.69, 9.17) is 0 Å². The van der Waals surface area contributed by atoms with Gasteiger partial charge in [0.2, 0.25) is 0 Å². The van der Waals surface area contributed by atoms with Crippen LogP contribution in [-0.4, -0.2) is 20.1 Å². The lowest BCUT2D eigenvalue weighted by Gasteiger charge is -2.06. The Hall–Kier alpha value is -1.72. The Morgan fingerprint density at radius 1 is 1.25 bits per heavy atom. The predicted octanol–water partition coefficient (Wildman–Crippen LogP) is 2.87. The van der Waals surface area contributed by atoms with Gasteiger partial charge in [0.15, 0.2) is 0 Å². The van der Waals surface area contributed by atoms with Crippen LogP contribution in [0.25, 0.3) is 6.08 Å². The van der Waals surface area contributed by atoms with Crippen molar-refractivity contribution in [2.75, 3.05) is 7.11 Å². The maximum absolute atomic E-state index is 11.9. The summed E-state index contributed by atoms with van der Waals surface area (Å²) in [5, 5.41) is 0. The van der Waals surface area contributed by atoms with Crippen LogP contribution in [0.2, 0.25) is 0 Å². The Bertz CT molecular complexity index is 396. The fourth-order valence-electron chi connectivity index (χ4n) is 1.07. The van der Waals surface area contributed by atoms with Crippen LogP contribution in [-0.2, 0) is 4.74 Å². The van der Waals surface area contributed by atoms with Gasteiger partial charge in [0, 0.05) is 0 Å². The third kappa shape index (κ3) is 3.80. The van der Waals surface area contributed by atoms with Gasteiger partial charge in [0.1, 0.15) is 0 Å². The van der Waals surface area contributed by atoms with Crippen LogP contribution < -0.4 is 0 Å². The second-order valence-corrected chi connectivity index (χ2v) is 3.10. The van der Waals surface area contributed by atoms with Crippen molar-refractivity contribution in [3.05, 3.63) is 41.4 Å². The van der Waals surface area contributed by atoms with Crippen molar-refractivity contribution in [3.8, 4) is 0 Å². The lowest BCUT2D eigenvalue weighted by atomic mass is 9.90. The number of benzene rings is 1. The lowest BCUT2D eigenvalue weighted by molar-refractivity contribution is 0.0600. The first-order valence-electron chi connectivity index (χ1n) is 4.50. The first kappa shape index (κ1) is 12.4. The van der Waals surface area contributed by atoms with Crippen molar-refractivity contribution in [2.45, 2.75) is 0 Å². The molecule has 0 unspecified atom stereocenters. The lowest BCUT2D eigenvalue weighted by Crippen LogP contribution is -2.09. The number of halogens is 3. The molecule has 0 radical (unpaired) electrons. The van der Waals surface area contributed by atoms with Crippen molar-refractivity contribution >= 4 is 19.0 Å². The van der Waals surface area contributed by atoms with Gasteiger partial charge >= 0.3 is 12.9 Å². The third-order valence-corrected chi connectivity index (χ3v) is 1.84. The minimum absolute atomic E-state index is 0.202. The molecule has 0 heterocycles. The molecule has 16 heavy (non-hydrogen) atoms. The number of carbonyl (C=O) groups is 1. The van der Waals surface area contributed by atoms with E-state index in [1.165, 1.54) is 31.4 Å². The van der Waals surface area contributed by atoms with E-state index >= 15 is 0 Å². The second-order valence-electron chi connectivity index (χ2n) is 3.10. The number of rotatable bonds is 3. The minimum atomic E-state index is -4.93. The molecule has 0 atom stereocenters. The van der Waals surface area contributed by atoms with Gasteiger partial charge in [-0.1, -0.05) is 18.2 Å². The molecule has 0 aliphatic heterocycles. The molecule has 0 aliphatic carbocycles. The van der Waals surface area contributed by atoms with Crippen molar-refractivity contribution in [2.24, 2.45) is 0 Å². The van der Waals surface area contributed by atoms with Gasteiger partial charge in [-0.25, -0.2) is 4.79 Å². The SMILES string of the molecule is COC(=O)c1ccc(/C=C/[B-](F)(F)F)cc1. The van der Waals surface area contributed by atoms with Gasteiger partial charge in [-0.3, -0.25) is 0 Å². The first-order valence-corrected chi connectivity index (χ1v) is 4.50. The van der Waals surface area contributed by atoms with E-state index in [-0.39, 0.29) is 5.98 Å². The van der Waals surface area contributed by atoms with Gasteiger partial charge < -0.3 is 17.7 Å². The summed E-state index contributed by atoms with van der Waals surface area (Å²) in [5.41, 5.74) is 0.684. The van der Waals surface area contributed by atoms with Crippen LogP contribution in [0, 0.1) is 0 Å². The average molecular weight is 229 g/mol. The highest BCUT2D eigenvalue weighted by Crippen LogP contribution is 2.13. The average Bonchev–Trinajstić information content (AvgIpc) is 2.25. The molecule has 0 spiro atoms. The largest absolute Gasteiger partial charge is 0.502 e. The molecule has 6 heteroatoms. The van der Waals surface area contributed by atoms with E-state index in [0.717, 1.165) is 6.08 Å². The molecule has 1 rings (SSSR count). The quantitative estimate of drug-likeness (QED) is 0.588. The molecule has 1 aromatic carbocycles. The molecule has 86 valence electrons. The number of hydrogen-bond donors (Lipinski definition) is 0. The smallest absolute Gasteiger partial charge is 0.465 e. The van der Waals surface area contributed by atoms with Crippen LogP contribution in [0.1, 0.15) is 15.9 Å². The van der Waals surface area contributed by atoms with Gasteiger partial charge in [-0.2, -0.15) is 0 Å². The van der Waals surface area contributed by atoms with E-state index < -0.39 is 12.9 Å². The van der Waals surface area contributed by atoms with Gasteiger partial charge in [0.05, 0.1) is 12.7 Å². The topological polar surface area (TPSA) is 26.3 Å². The fourth-order valence-corrected chi connectivity index (χ4v) is 1.07. The fraction of sp³-hybridized carbons (Fsp3) is 0.100. The Labute approximate surface area is 90.8 Å². The molecule has 0 amide bonds. The molecular formula is C10H9BF3O2-. The number of ether oxygens (including phenoxy) is 1. The molecule has 0 saturated heterocycles. The number of esters is 1. The molecule has 0 fully saturated rings. The van der Waals surface area contributed by atoms with Crippen molar-refractivity contribution in [3.63, 3.8) is 0 Å². The van der Waals surface area contributed by atoms with Crippen LogP contribution in [0.4, 0.5) is 12.9 Å². The highest BCUT2D eigenvalue weighted by Gasteiger charge is 2.16. The summed E-state index contributed by atoms with van der Waals surface area (Å²) in [7, 11) is 1.24. The van der Waals surface area contributed by atoms with Crippen molar-refractivity contribution in [1.82, 2.24) is 0 Å². The van der Waals surface area contributed by atoms with E-state index in [1.807, 2.05) is 0 Å². The monoisotopic (exact) mass is 229 g/mol.